The number of anilines is 1. The summed E-state index contributed by atoms with van der Waals surface area (Å²) in [6.07, 6.45) is 0. The van der Waals surface area contributed by atoms with Gasteiger partial charge < -0.3 is 5.73 Å². The number of nitrogen functional groups attached to an aromatic ring is 1. The molecule has 0 amide bonds. The normalized spacial score (nSPS) is 10.6. The zero-order valence-corrected chi connectivity index (χ0v) is 10.3. The van der Waals surface area contributed by atoms with Crippen molar-refractivity contribution in [3.05, 3.63) is 39.8 Å². The van der Waals surface area contributed by atoms with E-state index in [1.165, 1.54) is 6.92 Å². The van der Waals surface area contributed by atoms with Crippen LogP contribution in [0, 0.1) is 12.7 Å². The van der Waals surface area contributed by atoms with Crippen molar-refractivity contribution in [3.8, 4) is 11.4 Å². The summed E-state index contributed by atoms with van der Waals surface area (Å²) >= 11 is 12.0. The lowest BCUT2D eigenvalue weighted by Gasteiger charge is -2.07. The fraction of sp³-hybridized carbons (Fsp3) is 0.0909. The van der Waals surface area contributed by atoms with Gasteiger partial charge in [0.2, 0.25) is 0 Å². The lowest BCUT2D eigenvalue weighted by Crippen LogP contribution is -2.03. The molecule has 3 nitrogen and oxygen atoms in total. The molecule has 0 bridgehead atoms. The number of hydrogen-bond acceptors (Lipinski definition) is 3. The molecular formula is C11H8Cl2FN3. The van der Waals surface area contributed by atoms with E-state index >= 15 is 0 Å². The number of aromatic nitrogens is 2. The molecule has 1 aromatic carbocycles. The predicted molar refractivity (Wildman–Crippen MR) is 66.6 cm³/mol. The van der Waals surface area contributed by atoms with Crippen LogP contribution in [0.25, 0.3) is 11.4 Å². The first-order chi connectivity index (χ1) is 8.00. The van der Waals surface area contributed by atoms with Gasteiger partial charge in [0.25, 0.3) is 0 Å². The SMILES string of the molecule is Cc1nc(-c2c(Cl)cccc2Cl)nc(N)c1F. The molecule has 2 aromatic rings. The van der Waals surface area contributed by atoms with Crippen molar-refractivity contribution in [2.75, 3.05) is 5.73 Å². The zero-order valence-electron chi connectivity index (χ0n) is 8.84. The van der Waals surface area contributed by atoms with E-state index in [0.29, 0.717) is 15.6 Å². The van der Waals surface area contributed by atoms with Gasteiger partial charge in [0.15, 0.2) is 17.5 Å². The van der Waals surface area contributed by atoms with Crippen LogP contribution in [-0.4, -0.2) is 9.97 Å². The number of benzene rings is 1. The van der Waals surface area contributed by atoms with Crippen LogP contribution in [0.15, 0.2) is 18.2 Å². The maximum absolute atomic E-state index is 13.3. The molecule has 0 fully saturated rings. The van der Waals surface area contributed by atoms with Gasteiger partial charge >= 0.3 is 0 Å². The number of rotatable bonds is 1. The lowest BCUT2D eigenvalue weighted by molar-refractivity contribution is 0.608. The summed E-state index contributed by atoms with van der Waals surface area (Å²) in [6, 6.07) is 5.01. The van der Waals surface area contributed by atoms with Gasteiger partial charge in [0.1, 0.15) is 0 Å². The summed E-state index contributed by atoms with van der Waals surface area (Å²) in [6.45, 7) is 1.50. The molecular weight excluding hydrogens is 264 g/mol. The molecule has 0 unspecified atom stereocenters. The van der Waals surface area contributed by atoms with E-state index in [0.717, 1.165) is 0 Å². The molecule has 0 aliphatic rings. The number of nitrogens with two attached hydrogens (primary N) is 1. The van der Waals surface area contributed by atoms with Crippen LogP contribution in [0.4, 0.5) is 10.2 Å². The maximum Gasteiger partial charge on any atom is 0.186 e. The van der Waals surface area contributed by atoms with Gasteiger partial charge in [-0.1, -0.05) is 29.3 Å². The molecule has 0 atom stereocenters. The van der Waals surface area contributed by atoms with Crippen LogP contribution in [-0.2, 0) is 0 Å². The third kappa shape index (κ3) is 2.18. The number of hydrogen-bond donors (Lipinski definition) is 1. The first-order valence-electron chi connectivity index (χ1n) is 4.74. The average molecular weight is 272 g/mol. The number of nitrogens with zero attached hydrogens (tertiary/aromatic N) is 2. The van der Waals surface area contributed by atoms with Gasteiger partial charge in [-0.25, -0.2) is 14.4 Å². The predicted octanol–water partition coefficient (Wildman–Crippen LogP) is 3.48. The Bertz CT molecular complexity index is 544. The smallest absolute Gasteiger partial charge is 0.186 e. The summed E-state index contributed by atoms with van der Waals surface area (Å²) in [5.41, 5.74) is 6.05. The first kappa shape index (κ1) is 12.1. The van der Waals surface area contributed by atoms with Crippen LogP contribution in [0.1, 0.15) is 5.69 Å². The Kier molecular flexibility index (Phi) is 3.17. The van der Waals surface area contributed by atoms with Crippen molar-refractivity contribution in [1.29, 1.82) is 0 Å². The minimum atomic E-state index is -0.628. The summed E-state index contributed by atoms with van der Waals surface area (Å²) < 4.78 is 13.3. The molecule has 0 aliphatic carbocycles. The molecule has 0 radical (unpaired) electrons. The summed E-state index contributed by atoms with van der Waals surface area (Å²) in [5.74, 6) is -0.627. The fourth-order valence-corrected chi connectivity index (χ4v) is 1.97. The van der Waals surface area contributed by atoms with Crippen LogP contribution in [0.5, 0.6) is 0 Å². The zero-order chi connectivity index (χ0) is 12.6. The molecule has 1 heterocycles. The molecule has 0 aliphatic heterocycles. The van der Waals surface area contributed by atoms with Crippen molar-refractivity contribution >= 4 is 29.0 Å². The van der Waals surface area contributed by atoms with Crippen LogP contribution < -0.4 is 5.73 Å². The summed E-state index contributed by atoms with van der Waals surface area (Å²) in [4.78, 5) is 7.84. The van der Waals surface area contributed by atoms with Crippen LogP contribution in [0.2, 0.25) is 10.0 Å². The van der Waals surface area contributed by atoms with Gasteiger partial charge in [-0.3, -0.25) is 0 Å². The van der Waals surface area contributed by atoms with E-state index in [-0.39, 0.29) is 17.3 Å². The molecule has 0 saturated carbocycles. The number of aryl methyl sites for hydroxylation is 1. The largest absolute Gasteiger partial charge is 0.381 e. The highest BCUT2D eigenvalue weighted by Crippen LogP contribution is 2.33. The Hall–Kier alpha value is -1.39. The van der Waals surface area contributed by atoms with Crippen LogP contribution >= 0.6 is 23.2 Å². The van der Waals surface area contributed by atoms with Crippen molar-refractivity contribution < 1.29 is 4.39 Å². The minimum absolute atomic E-state index is 0.156. The van der Waals surface area contributed by atoms with Crippen molar-refractivity contribution in [2.45, 2.75) is 6.92 Å². The van der Waals surface area contributed by atoms with E-state index in [4.69, 9.17) is 28.9 Å². The molecule has 2 rings (SSSR count). The maximum atomic E-state index is 13.3. The highest BCUT2D eigenvalue weighted by atomic mass is 35.5. The Balaban J connectivity index is 2.69. The van der Waals surface area contributed by atoms with Crippen LogP contribution in [0.3, 0.4) is 0 Å². The Labute approximate surface area is 107 Å². The monoisotopic (exact) mass is 271 g/mol. The Morgan fingerprint density at radius 3 is 2.29 bits per heavy atom. The quantitative estimate of drug-likeness (QED) is 0.864. The molecule has 17 heavy (non-hydrogen) atoms. The van der Waals surface area contributed by atoms with Gasteiger partial charge in [-0.15, -0.1) is 0 Å². The van der Waals surface area contributed by atoms with Gasteiger partial charge in [-0.05, 0) is 19.1 Å². The second-order valence-corrected chi connectivity index (χ2v) is 4.24. The van der Waals surface area contributed by atoms with E-state index in [9.17, 15) is 4.39 Å². The molecule has 6 heteroatoms. The van der Waals surface area contributed by atoms with E-state index < -0.39 is 5.82 Å². The molecule has 88 valence electrons. The summed E-state index contributed by atoms with van der Waals surface area (Å²) in [5, 5.41) is 0.783. The standard InChI is InChI=1S/C11H8Cl2FN3/c1-5-9(14)10(15)17-11(16-5)8-6(12)3-2-4-7(8)13/h2-4H,1H3,(H2,15,16,17). The Morgan fingerprint density at radius 2 is 1.76 bits per heavy atom. The van der Waals surface area contributed by atoms with Crippen molar-refractivity contribution in [1.82, 2.24) is 9.97 Å². The van der Waals surface area contributed by atoms with E-state index in [1.807, 2.05) is 0 Å². The first-order valence-corrected chi connectivity index (χ1v) is 5.50. The van der Waals surface area contributed by atoms with Gasteiger partial charge in [0, 0.05) is 0 Å². The second kappa shape index (κ2) is 4.47. The third-order valence-corrected chi connectivity index (χ3v) is 2.86. The van der Waals surface area contributed by atoms with E-state index in [1.54, 1.807) is 18.2 Å². The minimum Gasteiger partial charge on any atom is -0.381 e. The third-order valence-electron chi connectivity index (χ3n) is 2.23. The average Bonchev–Trinajstić information content (AvgIpc) is 2.25. The topological polar surface area (TPSA) is 51.8 Å². The fourth-order valence-electron chi connectivity index (χ4n) is 1.40. The van der Waals surface area contributed by atoms with Crippen molar-refractivity contribution in [3.63, 3.8) is 0 Å². The molecule has 0 spiro atoms. The highest BCUT2D eigenvalue weighted by Gasteiger charge is 2.15. The molecule has 1 aromatic heterocycles. The molecule has 2 N–H and O–H groups in total. The number of halogens is 3. The van der Waals surface area contributed by atoms with Crippen molar-refractivity contribution in [2.24, 2.45) is 0 Å². The van der Waals surface area contributed by atoms with Gasteiger partial charge in [-0.2, -0.15) is 0 Å². The molecule has 0 saturated heterocycles. The summed E-state index contributed by atoms with van der Waals surface area (Å²) in [7, 11) is 0. The van der Waals surface area contributed by atoms with E-state index in [2.05, 4.69) is 9.97 Å². The lowest BCUT2D eigenvalue weighted by atomic mass is 10.2. The second-order valence-electron chi connectivity index (χ2n) is 3.43. The highest BCUT2D eigenvalue weighted by molar-refractivity contribution is 6.38. The Morgan fingerprint density at radius 1 is 1.18 bits per heavy atom. The van der Waals surface area contributed by atoms with Gasteiger partial charge in [0.05, 0.1) is 21.3 Å².